The Morgan fingerprint density at radius 3 is 3.32 bits per heavy atom. The van der Waals surface area contributed by atoms with Gasteiger partial charge in [-0.1, -0.05) is 0 Å². The minimum absolute atomic E-state index is 0.0181. The lowest BCUT2D eigenvalue weighted by Crippen LogP contribution is -2.24. The Bertz CT molecular complexity index is 539. The highest BCUT2D eigenvalue weighted by molar-refractivity contribution is 7.11. The van der Waals surface area contributed by atoms with Crippen LogP contribution in [-0.4, -0.2) is 17.4 Å². The lowest BCUT2D eigenvalue weighted by molar-refractivity contribution is -0.120. The van der Waals surface area contributed by atoms with Gasteiger partial charge in [0.2, 0.25) is 5.91 Å². The van der Waals surface area contributed by atoms with Crippen molar-refractivity contribution in [2.24, 2.45) is 0 Å². The minimum Gasteiger partial charge on any atom is -0.467 e. The number of rotatable bonds is 4. The van der Waals surface area contributed by atoms with Gasteiger partial charge in [-0.3, -0.25) is 4.79 Å². The summed E-state index contributed by atoms with van der Waals surface area (Å²) in [5.74, 6) is 0.742. The smallest absolute Gasteiger partial charge is 0.227 e. The molecule has 0 spiro atoms. The van der Waals surface area contributed by atoms with Gasteiger partial charge in [0.15, 0.2) is 0 Å². The number of hydrogen-bond acceptors (Lipinski definition) is 5. The molecule has 2 aromatic heterocycles. The van der Waals surface area contributed by atoms with E-state index in [0.717, 1.165) is 36.0 Å². The largest absolute Gasteiger partial charge is 0.467 e. The molecule has 2 N–H and O–H groups in total. The summed E-state index contributed by atoms with van der Waals surface area (Å²) in [4.78, 5) is 17.6. The predicted octanol–water partition coefficient (Wildman–Crippen LogP) is 1.24. The molecule has 0 saturated carbocycles. The van der Waals surface area contributed by atoms with Crippen molar-refractivity contribution in [2.45, 2.75) is 25.9 Å². The summed E-state index contributed by atoms with van der Waals surface area (Å²) in [6.07, 6.45) is 2.90. The van der Waals surface area contributed by atoms with Crippen molar-refractivity contribution in [2.75, 3.05) is 6.54 Å². The number of carbonyl (C=O) groups is 1. The number of aromatic nitrogens is 1. The van der Waals surface area contributed by atoms with Crippen molar-refractivity contribution < 1.29 is 9.21 Å². The Morgan fingerprint density at radius 1 is 1.58 bits per heavy atom. The van der Waals surface area contributed by atoms with E-state index >= 15 is 0 Å². The number of fused-ring (bicyclic) bond motifs is 1. The molecule has 3 heterocycles. The van der Waals surface area contributed by atoms with E-state index in [2.05, 4.69) is 15.6 Å². The molecule has 0 atom stereocenters. The molecule has 0 aliphatic carbocycles. The van der Waals surface area contributed by atoms with E-state index in [9.17, 15) is 4.79 Å². The van der Waals surface area contributed by atoms with Gasteiger partial charge >= 0.3 is 0 Å². The van der Waals surface area contributed by atoms with Gasteiger partial charge < -0.3 is 15.1 Å². The van der Waals surface area contributed by atoms with Crippen LogP contribution in [0.3, 0.4) is 0 Å². The van der Waals surface area contributed by atoms with Crippen LogP contribution in [0, 0.1) is 0 Å². The van der Waals surface area contributed by atoms with Gasteiger partial charge in [-0.05, 0) is 12.1 Å². The second kappa shape index (κ2) is 5.54. The van der Waals surface area contributed by atoms with Crippen LogP contribution in [0.15, 0.2) is 22.8 Å². The third kappa shape index (κ3) is 3.02. The fraction of sp³-hybridized carbons (Fsp3) is 0.385. The number of furan rings is 1. The summed E-state index contributed by atoms with van der Waals surface area (Å²) in [5, 5.41) is 7.04. The molecule has 1 aliphatic heterocycles. The molecular formula is C13H15N3O2S. The highest BCUT2D eigenvalue weighted by Gasteiger charge is 2.16. The van der Waals surface area contributed by atoms with Crippen molar-refractivity contribution in [1.82, 2.24) is 15.6 Å². The minimum atomic E-state index is -0.0181. The van der Waals surface area contributed by atoms with Gasteiger partial charge in [0, 0.05) is 24.4 Å². The SMILES string of the molecule is O=C(Cc1nc2c(s1)CNCC2)NCc1ccco1. The lowest BCUT2D eigenvalue weighted by atomic mass is 10.2. The molecule has 0 saturated heterocycles. The lowest BCUT2D eigenvalue weighted by Gasteiger charge is -2.09. The van der Waals surface area contributed by atoms with E-state index in [1.807, 2.05) is 12.1 Å². The molecule has 1 amide bonds. The zero-order chi connectivity index (χ0) is 13.1. The van der Waals surface area contributed by atoms with Crippen molar-refractivity contribution in [3.63, 3.8) is 0 Å². The maximum Gasteiger partial charge on any atom is 0.227 e. The summed E-state index contributed by atoms with van der Waals surface area (Å²) >= 11 is 1.63. The fourth-order valence-electron chi connectivity index (χ4n) is 2.05. The van der Waals surface area contributed by atoms with Crippen LogP contribution in [0.1, 0.15) is 21.3 Å². The second-order valence-corrected chi connectivity index (χ2v) is 5.61. The highest BCUT2D eigenvalue weighted by atomic mass is 32.1. The number of nitrogens with zero attached hydrogens (tertiary/aromatic N) is 1. The van der Waals surface area contributed by atoms with Crippen molar-refractivity contribution >= 4 is 17.2 Å². The van der Waals surface area contributed by atoms with Crippen molar-refractivity contribution in [3.8, 4) is 0 Å². The topological polar surface area (TPSA) is 67.2 Å². The highest BCUT2D eigenvalue weighted by Crippen LogP contribution is 2.21. The summed E-state index contributed by atoms with van der Waals surface area (Å²) in [6, 6.07) is 3.65. The molecule has 100 valence electrons. The third-order valence-electron chi connectivity index (χ3n) is 3.00. The Morgan fingerprint density at radius 2 is 2.53 bits per heavy atom. The van der Waals surface area contributed by atoms with E-state index in [1.54, 1.807) is 17.6 Å². The van der Waals surface area contributed by atoms with Crippen LogP contribution in [-0.2, 0) is 30.7 Å². The number of hydrogen-bond donors (Lipinski definition) is 2. The van der Waals surface area contributed by atoms with E-state index in [-0.39, 0.29) is 5.91 Å². The maximum absolute atomic E-state index is 11.8. The standard InChI is InChI=1S/C13H15N3O2S/c17-12(15-7-9-2-1-5-18-9)6-13-16-10-3-4-14-8-11(10)19-13/h1-2,5,14H,3-4,6-8H2,(H,15,17). The van der Waals surface area contributed by atoms with Crippen LogP contribution in [0.5, 0.6) is 0 Å². The molecule has 2 aromatic rings. The Labute approximate surface area is 115 Å². The van der Waals surface area contributed by atoms with Crippen LogP contribution in [0.25, 0.3) is 0 Å². The average Bonchev–Trinajstić information content (AvgIpc) is 3.04. The van der Waals surface area contributed by atoms with E-state index in [0.29, 0.717) is 13.0 Å². The Kier molecular flexibility index (Phi) is 3.61. The zero-order valence-electron chi connectivity index (χ0n) is 10.4. The molecule has 19 heavy (non-hydrogen) atoms. The molecule has 3 rings (SSSR count). The maximum atomic E-state index is 11.8. The normalized spacial score (nSPS) is 14.1. The summed E-state index contributed by atoms with van der Waals surface area (Å²) in [5.41, 5.74) is 1.15. The molecule has 1 aliphatic rings. The van der Waals surface area contributed by atoms with Gasteiger partial charge in [0.25, 0.3) is 0 Å². The zero-order valence-corrected chi connectivity index (χ0v) is 11.3. The summed E-state index contributed by atoms with van der Waals surface area (Å²) < 4.78 is 5.16. The molecule has 5 nitrogen and oxygen atoms in total. The molecule has 6 heteroatoms. The number of nitrogens with one attached hydrogen (secondary N) is 2. The predicted molar refractivity (Wildman–Crippen MR) is 71.8 cm³/mol. The monoisotopic (exact) mass is 277 g/mol. The second-order valence-electron chi connectivity index (χ2n) is 4.44. The van der Waals surface area contributed by atoms with E-state index in [4.69, 9.17) is 4.42 Å². The van der Waals surface area contributed by atoms with Crippen LogP contribution < -0.4 is 10.6 Å². The van der Waals surface area contributed by atoms with Crippen LogP contribution in [0.4, 0.5) is 0 Å². The molecule has 0 bridgehead atoms. The fourth-order valence-corrected chi connectivity index (χ4v) is 3.14. The third-order valence-corrected chi connectivity index (χ3v) is 4.10. The number of carbonyl (C=O) groups excluding carboxylic acids is 1. The molecule has 0 aromatic carbocycles. The van der Waals surface area contributed by atoms with Gasteiger partial charge in [0.1, 0.15) is 10.8 Å². The summed E-state index contributed by atoms with van der Waals surface area (Å²) in [6.45, 7) is 2.28. The molecule has 0 fully saturated rings. The van der Waals surface area contributed by atoms with E-state index in [1.165, 1.54) is 4.88 Å². The number of amides is 1. The molecular weight excluding hydrogens is 262 g/mol. The van der Waals surface area contributed by atoms with Crippen LogP contribution in [0.2, 0.25) is 0 Å². The molecule has 0 unspecified atom stereocenters. The van der Waals surface area contributed by atoms with Gasteiger partial charge in [-0.15, -0.1) is 11.3 Å². The number of thiazole rings is 1. The van der Waals surface area contributed by atoms with Gasteiger partial charge in [0.05, 0.1) is 24.9 Å². The van der Waals surface area contributed by atoms with Crippen LogP contribution >= 0.6 is 11.3 Å². The quantitative estimate of drug-likeness (QED) is 0.882. The van der Waals surface area contributed by atoms with Gasteiger partial charge in [-0.2, -0.15) is 0 Å². The summed E-state index contributed by atoms with van der Waals surface area (Å²) in [7, 11) is 0. The van der Waals surface area contributed by atoms with Crippen molar-refractivity contribution in [1.29, 1.82) is 0 Å². The molecule has 0 radical (unpaired) electrons. The first-order valence-electron chi connectivity index (χ1n) is 6.28. The average molecular weight is 277 g/mol. The van der Waals surface area contributed by atoms with Gasteiger partial charge in [-0.25, -0.2) is 4.98 Å². The Hall–Kier alpha value is -1.66. The first-order valence-corrected chi connectivity index (χ1v) is 7.10. The van der Waals surface area contributed by atoms with Crippen molar-refractivity contribution in [3.05, 3.63) is 39.7 Å². The Balaban J connectivity index is 1.55. The van der Waals surface area contributed by atoms with E-state index < -0.39 is 0 Å². The first kappa shape index (κ1) is 12.4. The first-order chi connectivity index (χ1) is 9.31.